The number of nitrogens with one attached hydrogen (secondary N) is 1. The standard InChI is InChI=1S/C20H16Cl2N4O/c21-14-7-13(8-15(22)9-14)19-20(23)26-18(11-25-19)27-6-5-12-10-24-17-4-2-1-3-16(12)17/h1-4,7-11,24H,5-6H2,(H2,23,26). The van der Waals surface area contributed by atoms with Gasteiger partial charge in [-0.05, 0) is 29.8 Å². The number of aromatic nitrogens is 3. The van der Waals surface area contributed by atoms with Gasteiger partial charge in [0.2, 0.25) is 5.88 Å². The lowest BCUT2D eigenvalue weighted by molar-refractivity contribution is 0.309. The lowest BCUT2D eigenvalue weighted by Gasteiger charge is -2.09. The average molecular weight is 399 g/mol. The zero-order valence-electron chi connectivity index (χ0n) is 14.2. The molecule has 2 aromatic heterocycles. The van der Waals surface area contributed by atoms with Gasteiger partial charge in [-0.15, -0.1) is 0 Å². The molecule has 7 heteroatoms. The number of nitrogens with two attached hydrogens (primary N) is 1. The van der Waals surface area contributed by atoms with Crippen molar-refractivity contribution in [3.63, 3.8) is 0 Å². The Hall–Kier alpha value is -2.76. The molecule has 5 nitrogen and oxygen atoms in total. The first-order chi connectivity index (χ1) is 13.1. The fourth-order valence-electron chi connectivity index (χ4n) is 2.97. The van der Waals surface area contributed by atoms with E-state index in [0.717, 1.165) is 11.9 Å². The van der Waals surface area contributed by atoms with Crippen molar-refractivity contribution in [2.24, 2.45) is 0 Å². The molecular weight excluding hydrogens is 383 g/mol. The predicted octanol–water partition coefficient (Wildman–Crippen LogP) is 5.14. The normalized spacial score (nSPS) is 11.0. The molecule has 0 bridgehead atoms. The van der Waals surface area contributed by atoms with Crippen molar-refractivity contribution >= 4 is 39.9 Å². The van der Waals surface area contributed by atoms with E-state index >= 15 is 0 Å². The van der Waals surface area contributed by atoms with Crippen molar-refractivity contribution < 1.29 is 4.74 Å². The molecule has 27 heavy (non-hydrogen) atoms. The second kappa shape index (κ2) is 7.47. The van der Waals surface area contributed by atoms with E-state index in [-0.39, 0.29) is 5.82 Å². The summed E-state index contributed by atoms with van der Waals surface area (Å²) in [5.41, 5.74) is 9.58. The minimum absolute atomic E-state index is 0.262. The van der Waals surface area contributed by atoms with Crippen LogP contribution in [-0.2, 0) is 6.42 Å². The Morgan fingerprint density at radius 2 is 1.85 bits per heavy atom. The van der Waals surface area contributed by atoms with E-state index in [4.69, 9.17) is 33.7 Å². The maximum Gasteiger partial charge on any atom is 0.234 e. The highest BCUT2D eigenvalue weighted by Gasteiger charge is 2.10. The van der Waals surface area contributed by atoms with Crippen molar-refractivity contribution in [3.8, 4) is 17.1 Å². The predicted molar refractivity (Wildman–Crippen MR) is 109 cm³/mol. The van der Waals surface area contributed by atoms with Crippen LogP contribution in [0.5, 0.6) is 5.88 Å². The molecule has 0 saturated carbocycles. The summed E-state index contributed by atoms with van der Waals surface area (Å²) < 4.78 is 5.73. The fraction of sp³-hybridized carbons (Fsp3) is 0.100. The highest BCUT2D eigenvalue weighted by Crippen LogP contribution is 2.29. The highest BCUT2D eigenvalue weighted by molar-refractivity contribution is 6.35. The van der Waals surface area contributed by atoms with Gasteiger partial charge in [-0.1, -0.05) is 41.4 Å². The van der Waals surface area contributed by atoms with Crippen LogP contribution in [0.3, 0.4) is 0 Å². The molecule has 2 aromatic carbocycles. The third kappa shape index (κ3) is 3.84. The quantitative estimate of drug-likeness (QED) is 0.488. The Morgan fingerprint density at radius 3 is 2.63 bits per heavy atom. The molecule has 4 rings (SSSR count). The minimum Gasteiger partial charge on any atom is -0.476 e. The first-order valence-corrected chi connectivity index (χ1v) is 9.12. The van der Waals surface area contributed by atoms with Crippen LogP contribution in [0.4, 0.5) is 5.82 Å². The van der Waals surface area contributed by atoms with E-state index in [1.54, 1.807) is 24.4 Å². The van der Waals surface area contributed by atoms with Crippen LogP contribution < -0.4 is 10.5 Å². The Morgan fingerprint density at radius 1 is 1.07 bits per heavy atom. The zero-order chi connectivity index (χ0) is 18.8. The van der Waals surface area contributed by atoms with Crippen molar-refractivity contribution in [3.05, 3.63) is 70.5 Å². The lowest BCUT2D eigenvalue weighted by atomic mass is 10.1. The number of H-pyrrole nitrogens is 1. The van der Waals surface area contributed by atoms with E-state index in [2.05, 4.69) is 21.0 Å². The number of rotatable bonds is 5. The molecule has 0 saturated heterocycles. The van der Waals surface area contributed by atoms with E-state index in [0.29, 0.717) is 33.8 Å². The Balaban J connectivity index is 1.46. The number of aromatic amines is 1. The van der Waals surface area contributed by atoms with Gasteiger partial charge in [0.15, 0.2) is 5.82 Å². The first-order valence-electron chi connectivity index (χ1n) is 8.37. The minimum atomic E-state index is 0.262. The van der Waals surface area contributed by atoms with E-state index in [1.807, 2.05) is 24.4 Å². The van der Waals surface area contributed by atoms with Crippen LogP contribution in [0.25, 0.3) is 22.2 Å². The second-order valence-corrected chi connectivity index (χ2v) is 6.93. The molecule has 0 unspecified atom stereocenters. The topological polar surface area (TPSA) is 76.8 Å². The maximum absolute atomic E-state index is 6.05. The van der Waals surface area contributed by atoms with Crippen LogP contribution in [0.15, 0.2) is 54.9 Å². The van der Waals surface area contributed by atoms with E-state index in [9.17, 15) is 0 Å². The molecule has 0 aliphatic carbocycles. The Kier molecular flexibility index (Phi) is 4.88. The van der Waals surface area contributed by atoms with Gasteiger partial charge in [-0.25, -0.2) is 4.98 Å². The molecule has 0 aliphatic rings. The summed E-state index contributed by atoms with van der Waals surface area (Å²) in [7, 11) is 0. The second-order valence-electron chi connectivity index (χ2n) is 6.06. The fourth-order valence-corrected chi connectivity index (χ4v) is 3.50. The number of fused-ring (bicyclic) bond motifs is 1. The largest absolute Gasteiger partial charge is 0.476 e. The van der Waals surface area contributed by atoms with Crippen molar-refractivity contribution in [1.82, 2.24) is 15.0 Å². The third-order valence-corrected chi connectivity index (χ3v) is 4.65. The van der Waals surface area contributed by atoms with Gasteiger partial charge in [0, 0.05) is 39.1 Å². The summed E-state index contributed by atoms with van der Waals surface area (Å²) in [6.07, 6.45) is 4.30. The van der Waals surface area contributed by atoms with Gasteiger partial charge >= 0.3 is 0 Å². The van der Waals surface area contributed by atoms with Gasteiger partial charge < -0.3 is 15.5 Å². The monoisotopic (exact) mass is 398 g/mol. The number of benzene rings is 2. The number of nitrogen functional groups attached to an aromatic ring is 1. The smallest absolute Gasteiger partial charge is 0.234 e. The van der Waals surface area contributed by atoms with Crippen LogP contribution in [0, 0.1) is 0 Å². The SMILES string of the molecule is Nc1nc(OCCc2c[nH]c3ccccc23)cnc1-c1cc(Cl)cc(Cl)c1. The van der Waals surface area contributed by atoms with Crippen LogP contribution in [0.1, 0.15) is 5.56 Å². The Bertz CT molecular complexity index is 1090. The number of nitrogens with zero attached hydrogens (tertiary/aromatic N) is 2. The van der Waals surface area contributed by atoms with Crippen molar-refractivity contribution in [2.75, 3.05) is 12.3 Å². The molecule has 0 atom stereocenters. The molecule has 3 N–H and O–H groups in total. The molecule has 0 amide bonds. The Labute approximate surface area is 166 Å². The van der Waals surface area contributed by atoms with Gasteiger partial charge in [0.25, 0.3) is 0 Å². The van der Waals surface area contributed by atoms with Gasteiger partial charge in [0.05, 0.1) is 12.8 Å². The number of hydrogen-bond donors (Lipinski definition) is 2. The van der Waals surface area contributed by atoms with Crippen LogP contribution in [-0.4, -0.2) is 21.6 Å². The zero-order valence-corrected chi connectivity index (χ0v) is 15.8. The molecule has 0 aliphatic heterocycles. The van der Waals surface area contributed by atoms with Crippen molar-refractivity contribution in [1.29, 1.82) is 0 Å². The average Bonchev–Trinajstić information content (AvgIpc) is 3.04. The molecule has 4 aromatic rings. The highest BCUT2D eigenvalue weighted by atomic mass is 35.5. The molecule has 0 radical (unpaired) electrons. The summed E-state index contributed by atoms with van der Waals surface area (Å²) in [6, 6.07) is 13.3. The number of para-hydroxylation sites is 1. The summed E-state index contributed by atoms with van der Waals surface area (Å²) in [4.78, 5) is 11.9. The van der Waals surface area contributed by atoms with Gasteiger partial charge in [0.1, 0.15) is 5.69 Å². The summed E-state index contributed by atoms with van der Waals surface area (Å²) >= 11 is 12.1. The van der Waals surface area contributed by atoms with Crippen LogP contribution >= 0.6 is 23.2 Å². The summed E-state index contributed by atoms with van der Waals surface area (Å²) in [5, 5.41) is 2.22. The molecular formula is C20H16Cl2N4O. The lowest BCUT2D eigenvalue weighted by Crippen LogP contribution is -2.05. The summed E-state index contributed by atoms with van der Waals surface area (Å²) in [5.74, 6) is 0.641. The summed E-state index contributed by atoms with van der Waals surface area (Å²) in [6.45, 7) is 0.471. The van der Waals surface area contributed by atoms with Gasteiger partial charge in [-0.2, -0.15) is 4.98 Å². The van der Waals surface area contributed by atoms with E-state index in [1.165, 1.54) is 10.9 Å². The van der Waals surface area contributed by atoms with E-state index < -0.39 is 0 Å². The third-order valence-electron chi connectivity index (χ3n) is 4.21. The molecule has 136 valence electrons. The first kappa shape index (κ1) is 17.6. The number of ether oxygens (including phenoxy) is 1. The van der Waals surface area contributed by atoms with Crippen LogP contribution in [0.2, 0.25) is 10.0 Å². The molecule has 0 fully saturated rings. The molecule has 2 heterocycles. The van der Waals surface area contributed by atoms with Crippen molar-refractivity contribution in [2.45, 2.75) is 6.42 Å². The van der Waals surface area contributed by atoms with Gasteiger partial charge in [-0.3, -0.25) is 0 Å². The maximum atomic E-state index is 6.05. The number of hydrogen-bond acceptors (Lipinski definition) is 4. The molecule has 0 spiro atoms. The number of anilines is 1. The number of halogens is 2.